The van der Waals surface area contributed by atoms with Crippen LogP contribution in [0, 0.1) is 0 Å². The zero-order valence-electron chi connectivity index (χ0n) is 19.7. The number of benzene rings is 4. The van der Waals surface area contributed by atoms with Crippen molar-refractivity contribution in [1.29, 1.82) is 0 Å². The fourth-order valence-corrected chi connectivity index (χ4v) is 6.42. The molecule has 0 fully saturated rings. The van der Waals surface area contributed by atoms with Crippen molar-refractivity contribution in [2.24, 2.45) is 0 Å². The van der Waals surface area contributed by atoms with E-state index >= 15 is 0 Å². The number of aromatic nitrogens is 1. The fourth-order valence-electron chi connectivity index (χ4n) is 6.42. The average molecular weight is 462 g/mol. The number of hydrogen-bond donors (Lipinski definition) is 0. The first-order chi connectivity index (χ1) is 17.8. The molecule has 3 nitrogen and oxygen atoms in total. The summed E-state index contributed by atoms with van der Waals surface area (Å²) in [4.78, 5) is 0. The van der Waals surface area contributed by atoms with Crippen molar-refractivity contribution < 1.29 is 9.14 Å². The van der Waals surface area contributed by atoms with E-state index in [2.05, 4.69) is 137 Å². The van der Waals surface area contributed by atoms with Crippen LogP contribution in [0.2, 0.25) is 0 Å². The van der Waals surface area contributed by atoms with Gasteiger partial charge in [0, 0.05) is 35.7 Å². The van der Waals surface area contributed by atoms with E-state index < -0.39 is 6.62 Å². The fraction of sp³-hybridized carbons (Fsp3) is 0.0312. The van der Waals surface area contributed by atoms with Crippen LogP contribution in [0.4, 0.5) is 0 Å². The van der Waals surface area contributed by atoms with Crippen LogP contribution in [0.3, 0.4) is 0 Å². The lowest BCUT2D eigenvalue weighted by atomic mass is 9.55. The summed E-state index contributed by atoms with van der Waals surface area (Å²) in [5.41, 5.74) is 9.61. The summed E-state index contributed by atoms with van der Waals surface area (Å²) >= 11 is 0. The van der Waals surface area contributed by atoms with Gasteiger partial charge in [-0.15, -0.1) is 0 Å². The lowest BCUT2D eigenvalue weighted by Gasteiger charge is -2.43. The smallest absolute Gasteiger partial charge is 0.504 e. The SMILES string of the molecule is C1=CC2=C(c3ccc4ccccc4c3)c3ccc4n3[B@@-](c3ccccc3)(OCc3ccccc3-4)[N+]2=C1. The Bertz CT molecular complexity index is 1790. The van der Waals surface area contributed by atoms with E-state index in [9.17, 15) is 0 Å². The second-order valence-electron chi connectivity index (χ2n) is 9.79. The maximum atomic E-state index is 7.08. The molecule has 3 aliphatic heterocycles. The van der Waals surface area contributed by atoms with Crippen molar-refractivity contribution in [3.63, 3.8) is 0 Å². The summed E-state index contributed by atoms with van der Waals surface area (Å²) < 4.78 is 11.9. The van der Waals surface area contributed by atoms with Gasteiger partial charge >= 0.3 is 6.62 Å². The van der Waals surface area contributed by atoms with Crippen LogP contribution in [0.5, 0.6) is 0 Å². The molecule has 0 radical (unpaired) electrons. The van der Waals surface area contributed by atoms with Gasteiger partial charge in [0.2, 0.25) is 0 Å². The predicted octanol–water partition coefficient (Wildman–Crippen LogP) is 5.96. The predicted molar refractivity (Wildman–Crippen MR) is 147 cm³/mol. The van der Waals surface area contributed by atoms with Gasteiger partial charge < -0.3 is 13.6 Å². The lowest BCUT2D eigenvalue weighted by molar-refractivity contribution is -0.349. The largest absolute Gasteiger partial charge is 0.545 e. The molecule has 0 unspecified atom stereocenters. The number of fused-ring (bicyclic) bond motifs is 5. The van der Waals surface area contributed by atoms with Crippen molar-refractivity contribution >= 4 is 34.6 Å². The third-order valence-electron chi connectivity index (χ3n) is 7.97. The van der Waals surface area contributed by atoms with E-state index in [0.717, 1.165) is 0 Å². The third kappa shape index (κ3) is 2.54. The Morgan fingerprint density at radius 1 is 0.722 bits per heavy atom. The van der Waals surface area contributed by atoms with Gasteiger partial charge in [0.15, 0.2) is 5.70 Å². The highest BCUT2D eigenvalue weighted by atomic mass is 16.5. The molecule has 170 valence electrons. The van der Waals surface area contributed by atoms with E-state index in [1.54, 1.807) is 0 Å². The molecule has 0 amide bonds. The molecule has 0 saturated carbocycles. The maximum Gasteiger partial charge on any atom is 0.545 e. The van der Waals surface area contributed by atoms with Gasteiger partial charge in [0.25, 0.3) is 0 Å². The Labute approximate surface area is 209 Å². The highest BCUT2D eigenvalue weighted by Crippen LogP contribution is 2.44. The molecule has 5 aromatic rings. The van der Waals surface area contributed by atoms with Gasteiger partial charge in [-0.25, -0.2) is 0 Å². The van der Waals surface area contributed by atoms with E-state index in [0.29, 0.717) is 6.61 Å². The van der Waals surface area contributed by atoms with Crippen LogP contribution >= 0.6 is 0 Å². The minimum atomic E-state index is -1.76. The molecular weight excluding hydrogens is 439 g/mol. The molecule has 0 spiro atoms. The van der Waals surface area contributed by atoms with Crippen LogP contribution in [0.1, 0.15) is 16.8 Å². The van der Waals surface area contributed by atoms with Crippen LogP contribution in [-0.4, -0.2) is 21.8 Å². The average Bonchev–Trinajstić information content (AvgIpc) is 3.57. The van der Waals surface area contributed by atoms with Crippen molar-refractivity contribution in [3.8, 4) is 11.3 Å². The van der Waals surface area contributed by atoms with Gasteiger partial charge in [-0.05, 0) is 40.1 Å². The molecule has 4 aromatic carbocycles. The first-order valence-corrected chi connectivity index (χ1v) is 12.5. The summed E-state index contributed by atoms with van der Waals surface area (Å²) in [5.74, 6) is 0. The molecule has 8 rings (SSSR count). The maximum absolute atomic E-state index is 7.08. The molecule has 0 saturated heterocycles. The molecule has 1 atom stereocenters. The summed E-state index contributed by atoms with van der Waals surface area (Å²) in [6.45, 7) is -1.20. The van der Waals surface area contributed by atoms with Gasteiger partial charge in [0.1, 0.15) is 6.21 Å². The Morgan fingerprint density at radius 2 is 1.50 bits per heavy atom. The van der Waals surface area contributed by atoms with Crippen molar-refractivity contribution in [1.82, 2.24) is 4.48 Å². The molecule has 4 heteroatoms. The minimum absolute atomic E-state index is 0.551. The van der Waals surface area contributed by atoms with Gasteiger partial charge in [-0.3, -0.25) is 0 Å². The van der Waals surface area contributed by atoms with Gasteiger partial charge in [0.05, 0.1) is 5.57 Å². The van der Waals surface area contributed by atoms with Crippen molar-refractivity contribution in [2.75, 3.05) is 0 Å². The second kappa shape index (κ2) is 7.30. The second-order valence-corrected chi connectivity index (χ2v) is 9.79. The summed E-state index contributed by atoms with van der Waals surface area (Å²) in [5, 5.41) is 2.50. The van der Waals surface area contributed by atoms with Crippen molar-refractivity contribution in [2.45, 2.75) is 6.61 Å². The van der Waals surface area contributed by atoms with Gasteiger partial charge in [-0.1, -0.05) is 96.5 Å². The highest BCUT2D eigenvalue weighted by molar-refractivity contribution is 6.80. The standard InChI is InChI=1S/C32H23BN2O/c1-2-12-27(13-3-1)33-34-20-8-15-30(34)32(25-17-16-23-9-4-5-10-24(23)21-25)31-19-18-29(35(31)33)28-14-7-6-11-26(28)22-36-33/h1-21H,22H2/t33-/m0/s1. The molecule has 3 aliphatic rings. The van der Waals surface area contributed by atoms with Crippen molar-refractivity contribution in [3.05, 3.63) is 144 Å². The van der Waals surface area contributed by atoms with Crippen LogP contribution < -0.4 is 5.46 Å². The highest BCUT2D eigenvalue weighted by Gasteiger charge is 2.53. The summed E-state index contributed by atoms with van der Waals surface area (Å²) in [6, 6.07) is 39.3. The van der Waals surface area contributed by atoms with E-state index in [-0.39, 0.29) is 0 Å². The third-order valence-corrected chi connectivity index (χ3v) is 7.97. The van der Waals surface area contributed by atoms with E-state index in [1.165, 1.54) is 55.6 Å². The molecule has 0 N–H and O–H groups in total. The normalized spacial score (nSPS) is 19.5. The molecule has 0 bridgehead atoms. The number of rotatable bonds is 2. The first kappa shape index (κ1) is 19.9. The minimum Gasteiger partial charge on any atom is -0.504 e. The Hall–Kier alpha value is -4.41. The Kier molecular flexibility index (Phi) is 4.02. The Balaban J connectivity index is 1.49. The molecular formula is C32H23BN2O. The molecule has 36 heavy (non-hydrogen) atoms. The zero-order valence-corrected chi connectivity index (χ0v) is 19.7. The van der Waals surface area contributed by atoms with Crippen LogP contribution in [0.15, 0.2) is 127 Å². The number of allylic oxidation sites excluding steroid dienone is 2. The van der Waals surface area contributed by atoms with Crippen LogP contribution in [0.25, 0.3) is 27.6 Å². The number of hydrogen-bond acceptors (Lipinski definition) is 1. The zero-order chi connectivity index (χ0) is 23.7. The quantitative estimate of drug-likeness (QED) is 0.296. The van der Waals surface area contributed by atoms with Gasteiger partial charge in [-0.2, -0.15) is 0 Å². The monoisotopic (exact) mass is 462 g/mol. The Morgan fingerprint density at radius 3 is 2.42 bits per heavy atom. The van der Waals surface area contributed by atoms with E-state index in [1.807, 2.05) is 0 Å². The van der Waals surface area contributed by atoms with Crippen LogP contribution in [-0.2, 0) is 11.3 Å². The lowest BCUT2D eigenvalue weighted by Crippen LogP contribution is -2.67. The first-order valence-electron chi connectivity index (χ1n) is 12.5. The summed E-state index contributed by atoms with van der Waals surface area (Å²) in [7, 11) is 0. The topological polar surface area (TPSA) is 17.2 Å². The molecule has 1 aromatic heterocycles. The summed E-state index contributed by atoms with van der Waals surface area (Å²) in [6.07, 6.45) is 6.57. The van der Waals surface area contributed by atoms with E-state index in [4.69, 9.17) is 4.65 Å². The molecule has 0 aliphatic carbocycles. The molecule has 4 heterocycles. The number of nitrogens with zero attached hydrogens (tertiary/aromatic N) is 2.